The Labute approximate surface area is 158 Å². The van der Waals surface area contributed by atoms with E-state index in [1.54, 1.807) is 0 Å². The highest BCUT2D eigenvalue weighted by Gasteiger charge is 2.07. The second-order valence-corrected chi connectivity index (χ2v) is 7.30. The molecule has 0 fully saturated rings. The van der Waals surface area contributed by atoms with E-state index >= 15 is 0 Å². The van der Waals surface area contributed by atoms with Gasteiger partial charge in [-0.25, -0.2) is 0 Å². The first-order chi connectivity index (χ1) is 11.3. The molecule has 0 spiro atoms. The third kappa shape index (κ3) is 12.9. The molecular formula is C22H42ClN. The molecule has 1 unspecified atom stereocenters. The summed E-state index contributed by atoms with van der Waals surface area (Å²) in [4.78, 5) is 2.46. The first-order valence-electron chi connectivity index (χ1n) is 10.5. The van der Waals surface area contributed by atoms with E-state index in [1.807, 2.05) is 0 Å². The van der Waals surface area contributed by atoms with Crippen molar-refractivity contribution in [3.63, 3.8) is 0 Å². The maximum Gasteiger partial charge on any atom is 0.0442 e. The van der Waals surface area contributed by atoms with Gasteiger partial charge in [-0.2, -0.15) is 0 Å². The van der Waals surface area contributed by atoms with Gasteiger partial charge in [0.25, 0.3) is 0 Å². The Hall–Kier alpha value is -0.430. The average molecular weight is 356 g/mol. The fraction of sp³-hybridized carbons (Fsp3) is 0.818. The average Bonchev–Trinajstić information content (AvgIpc) is 2.57. The Balaban J connectivity index is 0.00000529. The summed E-state index contributed by atoms with van der Waals surface area (Å²) < 4.78 is 0. The molecule has 0 bridgehead atoms. The van der Waals surface area contributed by atoms with Crippen LogP contribution in [0.5, 0.6) is 0 Å². The lowest BCUT2D eigenvalue weighted by Gasteiger charge is -2.27. The number of unbranched alkanes of at least 4 members (excludes halogenated alkanes) is 13. The summed E-state index contributed by atoms with van der Waals surface area (Å²) in [5, 5.41) is 0. The Morgan fingerprint density at radius 1 is 0.667 bits per heavy atom. The lowest BCUT2D eigenvalue weighted by molar-refractivity contribution is 0.322. The zero-order valence-corrected chi connectivity index (χ0v) is 17.2. The molecule has 1 aliphatic rings. The highest BCUT2D eigenvalue weighted by molar-refractivity contribution is 5.85. The summed E-state index contributed by atoms with van der Waals surface area (Å²) in [6.45, 7) is 5.80. The molecule has 0 amide bonds. The minimum absolute atomic E-state index is 0. The maximum absolute atomic E-state index is 2.46. The van der Waals surface area contributed by atoms with E-state index in [9.17, 15) is 0 Å². The molecule has 0 saturated heterocycles. The van der Waals surface area contributed by atoms with Crippen molar-refractivity contribution in [1.82, 2.24) is 4.90 Å². The molecule has 0 saturated carbocycles. The van der Waals surface area contributed by atoms with Crippen molar-refractivity contribution in [2.45, 2.75) is 110 Å². The van der Waals surface area contributed by atoms with Gasteiger partial charge >= 0.3 is 0 Å². The first kappa shape index (κ1) is 23.6. The van der Waals surface area contributed by atoms with Crippen LogP contribution in [-0.2, 0) is 0 Å². The molecule has 1 heterocycles. The molecule has 0 N–H and O–H groups in total. The van der Waals surface area contributed by atoms with Crippen molar-refractivity contribution in [3.05, 3.63) is 24.4 Å². The highest BCUT2D eigenvalue weighted by atomic mass is 35.5. The van der Waals surface area contributed by atoms with Gasteiger partial charge in [0.1, 0.15) is 0 Å². The lowest BCUT2D eigenvalue weighted by Crippen LogP contribution is -2.28. The van der Waals surface area contributed by atoms with E-state index in [2.05, 4.69) is 43.2 Å². The summed E-state index contributed by atoms with van der Waals surface area (Å²) in [5.74, 6) is 0. The molecule has 1 atom stereocenters. The quantitative estimate of drug-likeness (QED) is 0.272. The molecule has 0 radical (unpaired) electrons. The van der Waals surface area contributed by atoms with Crippen LogP contribution in [0.3, 0.4) is 0 Å². The smallest absolute Gasteiger partial charge is 0.0442 e. The predicted octanol–water partition coefficient (Wildman–Crippen LogP) is 7.66. The van der Waals surface area contributed by atoms with Crippen LogP contribution in [0.1, 0.15) is 104 Å². The molecule has 142 valence electrons. The monoisotopic (exact) mass is 355 g/mol. The molecule has 2 heteroatoms. The summed E-state index contributed by atoms with van der Waals surface area (Å²) in [5.41, 5.74) is 0. The van der Waals surface area contributed by atoms with Gasteiger partial charge in [0.2, 0.25) is 0 Å². The van der Waals surface area contributed by atoms with Crippen molar-refractivity contribution in [2.24, 2.45) is 0 Å². The predicted molar refractivity (Wildman–Crippen MR) is 112 cm³/mol. The molecule has 24 heavy (non-hydrogen) atoms. The van der Waals surface area contributed by atoms with Crippen LogP contribution < -0.4 is 0 Å². The van der Waals surface area contributed by atoms with Gasteiger partial charge in [0.05, 0.1) is 0 Å². The van der Waals surface area contributed by atoms with Crippen LogP contribution in [0.25, 0.3) is 0 Å². The molecule has 0 aromatic rings. The van der Waals surface area contributed by atoms with Gasteiger partial charge in [0, 0.05) is 12.6 Å². The fourth-order valence-corrected chi connectivity index (χ4v) is 3.40. The van der Waals surface area contributed by atoms with Crippen LogP contribution in [0.2, 0.25) is 0 Å². The summed E-state index contributed by atoms with van der Waals surface area (Å²) in [6.07, 6.45) is 29.0. The van der Waals surface area contributed by atoms with Crippen molar-refractivity contribution in [3.8, 4) is 0 Å². The van der Waals surface area contributed by atoms with Crippen molar-refractivity contribution in [2.75, 3.05) is 6.54 Å². The van der Waals surface area contributed by atoms with Crippen LogP contribution in [0.15, 0.2) is 24.4 Å². The van der Waals surface area contributed by atoms with Crippen molar-refractivity contribution < 1.29 is 0 Å². The largest absolute Gasteiger partial charge is 0.371 e. The second kappa shape index (κ2) is 17.4. The fourth-order valence-electron chi connectivity index (χ4n) is 3.40. The number of hydrogen-bond donors (Lipinski definition) is 0. The molecule has 0 aromatic carbocycles. The topological polar surface area (TPSA) is 3.24 Å². The Kier molecular flexibility index (Phi) is 17.1. The number of halogens is 1. The van der Waals surface area contributed by atoms with Gasteiger partial charge in [-0.3, -0.25) is 0 Å². The highest BCUT2D eigenvalue weighted by Crippen LogP contribution is 2.14. The molecular weight excluding hydrogens is 314 g/mol. The Morgan fingerprint density at radius 2 is 1.12 bits per heavy atom. The van der Waals surface area contributed by atoms with Crippen LogP contribution >= 0.6 is 12.4 Å². The third-order valence-electron chi connectivity index (χ3n) is 5.07. The Bertz CT molecular complexity index is 311. The first-order valence-corrected chi connectivity index (χ1v) is 10.5. The molecule has 1 rings (SSSR count). The summed E-state index contributed by atoms with van der Waals surface area (Å²) >= 11 is 0. The zero-order chi connectivity index (χ0) is 16.6. The van der Waals surface area contributed by atoms with Crippen LogP contribution in [-0.4, -0.2) is 17.5 Å². The second-order valence-electron chi connectivity index (χ2n) is 7.30. The van der Waals surface area contributed by atoms with E-state index in [4.69, 9.17) is 0 Å². The zero-order valence-electron chi connectivity index (χ0n) is 16.3. The Morgan fingerprint density at radius 3 is 1.58 bits per heavy atom. The molecule has 1 nitrogen and oxygen atoms in total. The van der Waals surface area contributed by atoms with Gasteiger partial charge in [-0.15, -0.1) is 12.4 Å². The van der Waals surface area contributed by atoms with E-state index in [-0.39, 0.29) is 12.4 Å². The van der Waals surface area contributed by atoms with Crippen LogP contribution in [0, 0.1) is 0 Å². The summed E-state index contributed by atoms with van der Waals surface area (Å²) in [7, 11) is 0. The van der Waals surface area contributed by atoms with Gasteiger partial charge in [-0.1, -0.05) is 103 Å². The molecule has 1 aliphatic heterocycles. The number of allylic oxidation sites excluding steroid dienone is 2. The number of hydrogen-bond acceptors (Lipinski definition) is 1. The van der Waals surface area contributed by atoms with E-state index in [0.717, 1.165) is 0 Å². The van der Waals surface area contributed by atoms with Gasteiger partial charge < -0.3 is 4.90 Å². The lowest BCUT2D eigenvalue weighted by atomic mass is 10.0. The number of nitrogens with zero attached hydrogens (tertiary/aromatic N) is 1. The third-order valence-corrected chi connectivity index (χ3v) is 5.07. The van der Waals surface area contributed by atoms with Gasteiger partial charge in [0.15, 0.2) is 0 Å². The van der Waals surface area contributed by atoms with Crippen LogP contribution in [0.4, 0.5) is 0 Å². The van der Waals surface area contributed by atoms with Crippen molar-refractivity contribution in [1.29, 1.82) is 0 Å². The minimum Gasteiger partial charge on any atom is -0.371 e. The normalized spacial score (nSPS) is 16.4. The van der Waals surface area contributed by atoms with E-state index in [1.165, 1.54) is 96.4 Å². The molecule has 0 aliphatic carbocycles. The van der Waals surface area contributed by atoms with E-state index < -0.39 is 0 Å². The van der Waals surface area contributed by atoms with Gasteiger partial charge in [-0.05, 0) is 25.6 Å². The standard InChI is InChI=1S/C22H41N.ClH/c1-3-4-5-6-7-8-9-10-11-12-13-14-15-17-20-23-21-18-16-19-22(23)2;/h16,18-19,21-22H,3-15,17,20H2,1-2H3;1H. The minimum atomic E-state index is 0. The van der Waals surface area contributed by atoms with Crippen molar-refractivity contribution >= 4 is 12.4 Å². The number of rotatable bonds is 15. The summed E-state index contributed by atoms with van der Waals surface area (Å²) in [6, 6.07) is 0.585. The molecule has 0 aromatic heterocycles. The van der Waals surface area contributed by atoms with E-state index in [0.29, 0.717) is 6.04 Å². The maximum atomic E-state index is 2.46. The SMILES string of the molecule is CCCCCCCCCCCCCCCCN1C=CC=CC1C.Cl.